The van der Waals surface area contributed by atoms with Crippen LogP contribution in [-0.4, -0.2) is 21.9 Å². The topological polar surface area (TPSA) is 65.2 Å². The van der Waals surface area contributed by atoms with Crippen LogP contribution in [0.25, 0.3) is 11.5 Å². The summed E-state index contributed by atoms with van der Waals surface area (Å²) in [7, 11) is 0. The maximum Gasteiger partial charge on any atom is 0.317 e. The van der Waals surface area contributed by atoms with Gasteiger partial charge >= 0.3 is 5.97 Å². The molecule has 0 aliphatic rings. The summed E-state index contributed by atoms with van der Waals surface area (Å²) in [5, 5.41) is 7.93. The number of hydrogen-bond acceptors (Lipinski definition) is 6. The minimum atomic E-state index is -0.685. The Morgan fingerprint density at radius 3 is 2.65 bits per heavy atom. The van der Waals surface area contributed by atoms with E-state index in [0.29, 0.717) is 10.8 Å². The maximum absolute atomic E-state index is 13.6. The van der Waals surface area contributed by atoms with Crippen LogP contribution in [0.3, 0.4) is 0 Å². The molecule has 1 aromatic heterocycles. The summed E-state index contributed by atoms with van der Waals surface area (Å²) in [5.74, 6) is -0.281. The third-order valence-corrected chi connectivity index (χ3v) is 4.60. The van der Waals surface area contributed by atoms with Gasteiger partial charge in [-0.1, -0.05) is 29.8 Å². The Balaban J connectivity index is 1.58. The second kappa shape index (κ2) is 8.14. The first kappa shape index (κ1) is 18.1. The van der Waals surface area contributed by atoms with Crippen molar-refractivity contribution >= 4 is 17.7 Å². The molecule has 1 atom stereocenters. The van der Waals surface area contributed by atoms with Crippen LogP contribution in [0.2, 0.25) is 0 Å². The molecule has 7 heteroatoms. The second-order valence-corrected chi connectivity index (χ2v) is 6.68. The van der Waals surface area contributed by atoms with Crippen LogP contribution < -0.4 is 0 Å². The zero-order valence-corrected chi connectivity index (χ0v) is 15.1. The lowest BCUT2D eigenvalue weighted by atomic mass is 10.1. The van der Waals surface area contributed by atoms with Crippen molar-refractivity contribution in [3.63, 3.8) is 0 Å². The zero-order chi connectivity index (χ0) is 18.5. The van der Waals surface area contributed by atoms with Crippen LogP contribution in [0, 0.1) is 12.7 Å². The molecule has 0 N–H and O–H groups in total. The van der Waals surface area contributed by atoms with Crippen molar-refractivity contribution in [3.05, 3.63) is 65.8 Å². The van der Waals surface area contributed by atoms with Crippen molar-refractivity contribution in [2.24, 2.45) is 0 Å². The molecular formula is C19H17FN2O3S. The number of halogens is 1. The number of aryl methyl sites for hydroxylation is 1. The molecule has 134 valence electrons. The van der Waals surface area contributed by atoms with Gasteiger partial charge in [0.05, 0.1) is 5.75 Å². The molecule has 0 bridgehead atoms. The van der Waals surface area contributed by atoms with E-state index in [4.69, 9.17) is 9.15 Å². The van der Waals surface area contributed by atoms with Crippen LogP contribution in [0.15, 0.2) is 57.8 Å². The summed E-state index contributed by atoms with van der Waals surface area (Å²) in [6.07, 6.45) is -0.685. The number of carbonyl (C=O) groups excluding carboxylic acids is 1. The highest BCUT2D eigenvalue weighted by molar-refractivity contribution is 8.00. The zero-order valence-electron chi connectivity index (χ0n) is 14.3. The Bertz CT molecular complexity index is 896. The summed E-state index contributed by atoms with van der Waals surface area (Å²) in [6.45, 7) is 3.64. The van der Waals surface area contributed by atoms with E-state index in [0.717, 1.165) is 22.9 Å². The number of nitrogens with zero attached hydrogens (tertiary/aromatic N) is 2. The molecule has 0 unspecified atom stereocenters. The molecule has 0 saturated heterocycles. The van der Waals surface area contributed by atoms with Crippen molar-refractivity contribution in [3.8, 4) is 11.5 Å². The van der Waals surface area contributed by atoms with Gasteiger partial charge < -0.3 is 9.15 Å². The fourth-order valence-corrected chi connectivity index (χ4v) is 2.91. The first-order valence-corrected chi connectivity index (χ1v) is 8.99. The number of esters is 1. The number of hydrogen-bond donors (Lipinski definition) is 0. The van der Waals surface area contributed by atoms with E-state index in [1.807, 2.05) is 31.2 Å². The molecule has 0 aliphatic heterocycles. The van der Waals surface area contributed by atoms with Crippen molar-refractivity contribution in [1.82, 2.24) is 10.2 Å². The van der Waals surface area contributed by atoms with Gasteiger partial charge in [-0.05, 0) is 38.1 Å². The van der Waals surface area contributed by atoms with Crippen LogP contribution in [0.1, 0.15) is 24.5 Å². The Kier molecular flexibility index (Phi) is 5.68. The molecule has 2 aromatic carbocycles. The third-order valence-electron chi connectivity index (χ3n) is 3.58. The third kappa shape index (κ3) is 4.49. The molecule has 3 rings (SSSR count). The van der Waals surface area contributed by atoms with Gasteiger partial charge in [0.2, 0.25) is 5.89 Å². The molecule has 0 fully saturated rings. The molecule has 0 spiro atoms. The minimum Gasteiger partial charge on any atom is -0.452 e. The predicted octanol–water partition coefficient (Wildman–Crippen LogP) is 4.58. The van der Waals surface area contributed by atoms with E-state index >= 15 is 0 Å². The first-order chi connectivity index (χ1) is 12.5. The molecule has 0 saturated carbocycles. The van der Waals surface area contributed by atoms with Crippen LogP contribution in [0.4, 0.5) is 4.39 Å². The van der Waals surface area contributed by atoms with E-state index in [9.17, 15) is 9.18 Å². The van der Waals surface area contributed by atoms with Crippen molar-refractivity contribution < 1.29 is 18.3 Å². The fraction of sp³-hybridized carbons (Fsp3) is 0.211. The largest absolute Gasteiger partial charge is 0.452 e. The van der Waals surface area contributed by atoms with Gasteiger partial charge in [0.15, 0.2) is 6.10 Å². The number of aromatic nitrogens is 2. The lowest BCUT2D eigenvalue weighted by Crippen LogP contribution is -2.11. The summed E-state index contributed by atoms with van der Waals surface area (Å²) in [5.41, 5.74) is 1.92. The standard InChI is InChI=1S/C19H17FN2O3S/c1-12-7-9-14(10-8-12)19-22-21-18(25-19)13(2)24-17(23)11-26-16-6-4-3-5-15(16)20/h3-10,13H,11H2,1-2H3/t13-/m1/s1. The second-order valence-electron chi connectivity index (χ2n) is 5.66. The monoisotopic (exact) mass is 372 g/mol. The quantitative estimate of drug-likeness (QED) is 0.466. The lowest BCUT2D eigenvalue weighted by molar-refractivity contribution is -0.146. The SMILES string of the molecule is Cc1ccc(-c2nnc([C@@H](C)OC(=O)CSc3ccccc3F)o2)cc1. The van der Waals surface area contributed by atoms with E-state index < -0.39 is 12.1 Å². The normalized spacial score (nSPS) is 12.0. The molecule has 5 nitrogen and oxygen atoms in total. The first-order valence-electron chi connectivity index (χ1n) is 8.00. The number of ether oxygens (including phenoxy) is 1. The number of thioether (sulfide) groups is 1. The van der Waals surface area contributed by atoms with Crippen LogP contribution >= 0.6 is 11.8 Å². The maximum atomic E-state index is 13.6. The molecule has 1 heterocycles. The van der Waals surface area contributed by atoms with Gasteiger partial charge in [-0.15, -0.1) is 22.0 Å². The van der Waals surface area contributed by atoms with Gasteiger partial charge in [0.1, 0.15) is 5.82 Å². The van der Waals surface area contributed by atoms with Gasteiger partial charge in [-0.2, -0.15) is 0 Å². The average molecular weight is 372 g/mol. The van der Waals surface area contributed by atoms with Crippen molar-refractivity contribution in [2.45, 2.75) is 24.8 Å². The molecule has 0 aliphatic carbocycles. The van der Waals surface area contributed by atoms with Crippen LogP contribution in [0.5, 0.6) is 0 Å². The van der Waals surface area contributed by atoms with Crippen LogP contribution in [-0.2, 0) is 9.53 Å². The van der Waals surface area contributed by atoms with Gasteiger partial charge in [-0.25, -0.2) is 4.39 Å². The van der Waals surface area contributed by atoms with Crippen molar-refractivity contribution in [2.75, 3.05) is 5.75 Å². The van der Waals surface area contributed by atoms with Gasteiger partial charge in [0, 0.05) is 10.5 Å². The number of benzene rings is 2. The van der Waals surface area contributed by atoms with E-state index in [-0.39, 0.29) is 17.5 Å². The van der Waals surface area contributed by atoms with Gasteiger partial charge in [-0.3, -0.25) is 4.79 Å². The highest BCUT2D eigenvalue weighted by Crippen LogP contribution is 2.25. The highest BCUT2D eigenvalue weighted by Gasteiger charge is 2.19. The Labute approximate surface area is 154 Å². The van der Waals surface area contributed by atoms with E-state index in [2.05, 4.69) is 10.2 Å². The smallest absolute Gasteiger partial charge is 0.317 e. The number of rotatable bonds is 6. The molecule has 0 radical (unpaired) electrons. The summed E-state index contributed by atoms with van der Waals surface area (Å²) in [4.78, 5) is 12.4. The highest BCUT2D eigenvalue weighted by atomic mass is 32.2. The molecule has 3 aromatic rings. The fourth-order valence-electron chi connectivity index (χ4n) is 2.19. The number of carbonyl (C=O) groups is 1. The summed E-state index contributed by atoms with van der Waals surface area (Å²) < 4.78 is 24.4. The van der Waals surface area contributed by atoms with E-state index in [1.165, 1.54) is 6.07 Å². The Hall–Kier alpha value is -2.67. The molecular weight excluding hydrogens is 355 g/mol. The van der Waals surface area contributed by atoms with Gasteiger partial charge in [0.25, 0.3) is 5.89 Å². The minimum absolute atomic E-state index is 0.00969. The predicted molar refractivity (Wildman–Crippen MR) is 96.1 cm³/mol. The Morgan fingerprint density at radius 1 is 1.19 bits per heavy atom. The Morgan fingerprint density at radius 2 is 1.92 bits per heavy atom. The molecule has 26 heavy (non-hydrogen) atoms. The summed E-state index contributed by atoms with van der Waals surface area (Å²) >= 11 is 1.08. The van der Waals surface area contributed by atoms with Crippen molar-refractivity contribution in [1.29, 1.82) is 0 Å². The lowest BCUT2D eigenvalue weighted by Gasteiger charge is -2.09. The summed E-state index contributed by atoms with van der Waals surface area (Å²) in [6, 6.07) is 13.9. The molecule has 0 amide bonds. The average Bonchev–Trinajstić information content (AvgIpc) is 3.12. The van der Waals surface area contributed by atoms with E-state index in [1.54, 1.807) is 25.1 Å².